The highest BCUT2D eigenvalue weighted by Gasteiger charge is 2.57. The first kappa shape index (κ1) is 24.9. The zero-order chi connectivity index (χ0) is 25.5. The lowest BCUT2D eigenvalue weighted by molar-refractivity contribution is -0.384. The number of hydrogen-bond acceptors (Lipinski definition) is 6. The molecule has 4 atom stereocenters. The van der Waals surface area contributed by atoms with Gasteiger partial charge < -0.3 is 9.47 Å². The number of fused-ring (bicyclic) bond motifs is 3. The van der Waals surface area contributed by atoms with E-state index in [1.807, 2.05) is 6.92 Å². The summed E-state index contributed by atoms with van der Waals surface area (Å²) in [5.41, 5.74) is 2.50. The van der Waals surface area contributed by atoms with Gasteiger partial charge >= 0.3 is 11.9 Å². The number of rotatable bonds is 5. The molecule has 35 heavy (non-hydrogen) atoms. The molecule has 0 aromatic heterocycles. The van der Waals surface area contributed by atoms with Crippen LogP contribution in [0.5, 0.6) is 0 Å². The lowest BCUT2D eigenvalue weighted by Crippen LogP contribution is -2.53. The summed E-state index contributed by atoms with van der Waals surface area (Å²) in [7, 11) is 1.43. The Morgan fingerprint density at radius 3 is 2.37 bits per heavy atom. The number of carbonyl (C=O) groups excluding carboxylic acids is 2. The van der Waals surface area contributed by atoms with Crippen LogP contribution in [0.2, 0.25) is 0 Å². The maximum Gasteiger partial charge on any atom is 0.338 e. The molecule has 0 heterocycles. The van der Waals surface area contributed by atoms with Crippen LogP contribution >= 0.6 is 0 Å². The van der Waals surface area contributed by atoms with Crippen molar-refractivity contribution in [1.29, 1.82) is 0 Å². The molecule has 186 valence electrons. The summed E-state index contributed by atoms with van der Waals surface area (Å²) in [5.74, 6) is -0.520. The molecule has 2 aliphatic carbocycles. The van der Waals surface area contributed by atoms with E-state index in [2.05, 4.69) is 39.0 Å². The van der Waals surface area contributed by atoms with Gasteiger partial charge in [0.2, 0.25) is 0 Å². The van der Waals surface area contributed by atoms with Gasteiger partial charge in [0.25, 0.3) is 5.69 Å². The van der Waals surface area contributed by atoms with Gasteiger partial charge in [-0.05, 0) is 72.3 Å². The van der Waals surface area contributed by atoms with E-state index < -0.39 is 22.4 Å². The second-order valence-corrected chi connectivity index (χ2v) is 10.7. The summed E-state index contributed by atoms with van der Waals surface area (Å²) in [6.07, 6.45) is 2.56. The Bertz CT molecular complexity index is 1160. The molecule has 0 spiro atoms. The normalized spacial score (nSPS) is 27.5. The fraction of sp³-hybridized carbons (Fsp3) is 0.500. The minimum absolute atomic E-state index is 0.0664. The number of nitrogens with zero attached hydrogens (tertiary/aromatic N) is 1. The van der Waals surface area contributed by atoms with E-state index in [9.17, 15) is 19.7 Å². The number of methoxy groups -OCH3 is 1. The van der Waals surface area contributed by atoms with Crippen LogP contribution in [0, 0.1) is 21.4 Å². The predicted molar refractivity (Wildman–Crippen MR) is 131 cm³/mol. The van der Waals surface area contributed by atoms with E-state index in [4.69, 9.17) is 9.47 Å². The molecule has 0 aliphatic heterocycles. The van der Waals surface area contributed by atoms with Gasteiger partial charge in [-0.25, -0.2) is 4.79 Å². The highest BCUT2D eigenvalue weighted by Crippen LogP contribution is 2.60. The van der Waals surface area contributed by atoms with Crippen LogP contribution in [0.1, 0.15) is 92.4 Å². The van der Waals surface area contributed by atoms with Gasteiger partial charge in [-0.1, -0.05) is 45.4 Å². The Balaban J connectivity index is 1.76. The first-order chi connectivity index (χ1) is 16.5. The standard InChI is InChI=1S/C28H33NO6/c1-17(2)19-9-12-22-21(15-19)23(35-25(30)18-7-10-20(11-8-18)29(32)33)16-24-27(22,3)13-6-14-28(24,4)26(31)34-5/h7-12,15,17,23-24H,6,13-14,16H2,1-5H3/t23-,24-,27-,28-/m1/s1. The number of esters is 2. The molecular formula is C28H33NO6. The van der Waals surface area contributed by atoms with E-state index in [-0.39, 0.29) is 28.6 Å². The molecule has 0 amide bonds. The number of nitro benzene ring substituents is 1. The zero-order valence-corrected chi connectivity index (χ0v) is 21.0. The summed E-state index contributed by atoms with van der Waals surface area (Å²) >= 11 is 0. The average molecular weight is 480 g/mol. The van der Waals surface area contributed by atoms with Crippen molar-refractivity contribution in [2.75, 3.05) is 7.11 Å². The molecule has 1 fully saturated rings. The van der Waals surface area contributed by atoms with Gasteiger partial charge in [-0.15, -0.1) is 0 Å². The molecule has 0 radical (unpaired) electrons. The lowest BCUT2D eigenvalue weighted by Gasteiger charge is -2.55. The van der Waals surface area contributed by atoms with Gasteiger partial charge in [-0.2, -0.15) is 0 Å². The highest BCUT2D eigenvalue weighted by atomic mass is 16.6. The SMILES string of the molecule is COC(=O)[C@]1(C)CCC[C@]2(C)c3ccc(C(C)C)cc3[C@H](OC(=O)c3ccc([N+](=O)[O-])cc3)C[C@@H]12. The van der Waals surface area contributed by atoms with Crippen molar-refractivity contribution in [3.05, 3.63) is 74.8 Å². The number of benzene rings is 2. The van der Waals surface area contributed by atoms with E-state index in [0.29, 0.717) is 12.3 Å². The molecule has 2 aromatic carbocycles. The van der Waals surface area contributed by atoms with Gasteiger partial charge in [-0.3, -0.25) is 14.9 Å². The smallest absolute Gasteiger partial charge is 0.338 e. The Hall–Kier alpha value is -3.22. The van der Waals surface area contributed by atoms with E-state index in [1.54, 1.807) is 0 Å². The Morgan fingerprint density at radius 1 is 1.09 bits per heavy atom. The molecule has 0 N–H and O–H groups in total. The molecule has 4 rings (SSSR count). The zero-order valence-electron chi connectivity index (χ0n) is 21.0. The van der Waals surface area contributed by atoms with Crippen LogP contribution < -0.4 is 0 Å². The van der Waals surface area contributed by atoms with Crippen molar-refractivity contribution < 1.29 is 24.0 Å². The minimum Gasteiger partial charge on any atom is -0.469 e. The Kier molecular flexibility index (Phi) is 6.47. The van der Waals surface area contributed by atoms with Crippen LogP contribution in [0.15, 0.2) is 42.5 Å². The van der Waals surface area contributed by atoms with Crippen LogP contribution in [0.4, 0.5) is 5.69 Å². The van der Waals surface area contributed by atoms with Gasteiger partial charge in [0, 0.05) is 12.1 Å². The van der Waals surface area contributed by atoms with Gasteiger partial charge in [0.1, 0.15) is 6.10 Å². The number of non-ortho nitro benzene ring substituents is 1. The second kappa shape index (κ2) is 9.10. The van der Waals surface area contributed by atoms with Crippen molar-refractivity contribution in [3.8, 4) is 0 Å². The highest BCUT2D eigenvalue weighted by molar-refractivity contribution is 5.90. The minimum atomic E-state index is -0.686. The molecule has 7 nitrogen and oxygen atoms in total. The molecule has 1 saturated carbocycles. The Morgan fingerprint density at radius 2 is 1.77 bits per heavy atom. The molecule has 2 aromatic rings. The summed E-state index contributed by atoms with van der Waals surface area (Å²) in [6.45, 7) is 8.45. The van der Waals surface area contributed by atoms with E-state index >= 15 is 0 Å². The summed E-state index contributed by atoms with van der Waals surface area (Å²) in [6, 6.07) is 11.8. The topological polar surface area (TPSA) is 95.7 Å². The largest absolute Gasteiger partial charge is 0.469 e. The number of nitro groups is 1. The van der Waals surface area contributed by atoms with Crippen LogP contribution in [0.25, 0.3) is 0 Å². The van der Waals surface area contributed by atoms with Crippen LogP contribution in [0.3, 0.4) is 0 Å². The van der Waals surface area contributed by atoms with E-state index in [1.165, 1.54) is 31.4 Å². The number of hydrogen-bond donors (Lipinski definition) is 0. The molecule has 0 bridgehead atoms. The number of carbonyl (C=O) groups is 2. The molecule has 7 heteroatoms. The van der Waals surface area contributed by atoms with E-state index in [0.717, 1.165) is 36.0 Å². The van der Waals surface area contributed by atoms with Gasteiger partial charge in [0.05, 0.1) is 23.0 Å². The van der Waals surface area contributed by atoms with Crippen molar-refractivity contribution in [3.63, 3.8) is 0 Å². The van der Waals surface area contributed by atoms with Crippen molar-refractivity contribution in [1.82, 2.24) is 0 Å². The fourth-order valence-electron chi connectivity index (χ4n) is 6.29. The number of ether oxygens (including phenoxy) is 2. The van der Waals surface area contributed by atoms with Crippen LogP contribution in [-0.4, -0.2) is 24.0 Å². The first-order valence-corrected chi connectivity index (χ1v) is 12.2. The molecule has 0 unspecified atom stereocenters. The monoisotopic (exact) mass is 479 g/mol. The van der Waals surface area contributed by atoms with Crippen molar-refractivity contribution >= 4 is 17.6 Å². The third-order valence-electron chi connectivity index (χ3n) is 8.30. The summed E-state index contributed by atoms with van der Waals surface area (Å²) < 4.78 is 11.3. The average Bonchev–Trinajstić information content (AvgIpc) is 2.84. The Labute approximate surface area is 206 Å². The lowest BCUT2D eigenvalue weighted by atomic mass is 9.49. The quantitative estimate of drug-likeness (QED) is 0.285. The second-order valence-electron chi connectivity index (χ2n) is 10.7. The molecule has 2 aliphatic rings. The maximum atomic E-state index is 13.1. The molecule has 0 saturated heterocycles. The third kappa shape index (κ3) is 4.21. The molecular weight excluding hydrogens is 446 g/mol. The summed E-state index contributed by atoms with van der Waals surface area (Å²) in [5, 5.41) is 11.0. The van der Waals surface area contributed by atoms with Crippen LogP contribution in [-0.2, 0) is 19.7 Å². The summed E-state index contributed by atoms with van der Waals surface area (Å²) in [4.78, 5) is 36.6. The van der Waals surface area contributed by atoms with Crippen molar-refractivity contribution in [2.45, 2.75) is 70.8 Å². The maximum absolute atomic E-state index is 13.1. The van der Waals surface area contributed by atoms with Gasteiger partial charge in [0.15, 0.2) is 0 Å². The first-order valence-electron chi connectivity index (χ1n) is 12.2. The predicted octanol–water partition coefficient (Wildman–Crippen LogP) is 6.26. The fourth-order valence-corrected chi connectivity index (χ4v) is 6.29. The third-order valence-corrected chi connectivity index (χ3v) is 8.30. The van der Waals surface area contributed by atoms with Crippen molar-refractivity contribution in [2.24, 2.45) is 11.3 Å².